The molecule has 1 aliphatic carbocycles. The quantitative estimate of drug-likeness (QED) is 0.564. The van der Waals surface area contributed by atoms with Gasteiger partial charge in [-0.1, -0.05) is 11.1 Å². The molecule has 2 aliphatic rings. The molecule has 1 aliphatic heterocycles. The first kappa shape index (κ1) is 9.26. The van der Waals surface area contributed by atoms with Gasteiger partial charge in [-0.25, -0.2) is 0 Å². The summed E-state index contributed by atoms with van der Waals surface area (Å²) >= 11 is 0. The van der Waals surface area contributed by atoms with Crippen molar-refractivity contribution in [1.82, 2.24) is 5.32 Å². The van der Waals surface area contributed by atoms with Crippen LogP contribution in [0.2, 0.25) is 0 Å². The zero-order chi connectivity index (χ0) is 9.47. The van der Waals surface area contributed by atoms with E-state index in [4.69, 9.17) is 0 Å². The van der Waals surface area contributed by atoms with Gasteiger partial charge in [0, 0.05) is 11.6 Å². The van der Waals surface area contributed by atoms with Crippen LogP contribution < -0.4 is 5.32 Å². The Kier molecular flexibility index (Phi) is 2.23. The van der Waals surface area contributed by atoms with Crippen molar-refractivity contribution in [3.05, 3.63) is 11.1 Å². The Labute approximate surface area is 81.6 Å². The molecule has 1 unspecified atom stereocenters. The van der Waals surface area contributed by atoms with E-state index >= 15 is 0 Å². The predicted molar refractivity (Wildman–Crippen MR) is 56.8 cm³/mol. The van der Waals surface area contributed by atoms with Gasteiger partial charge in [0.05, 0.1) is 0 Å². The fourth-order valence-corrected chi connectivity index (χ4v) is 2.97. The van der Waals surface area contributed by atoms with E-state index in [0.717, 1.165) is 0 Å². The molecule has 74 valence electrons. The molecule has 0 amide bonds. The van der Waals surface area contributed by atoms with Crippen molar-refractivity contribution >= 4 is 0 Å². The fourth-order valence-electron chi connectivity index (χ4n) is 2.97. The Balaban J connectivity index is 2.25. The first-order valence-corrected chi connectivity index (χ1v) is 5.57. The highest BCUT2D eigenvalue weighted by atomic mass is 15.0. The van der Waals surface area contributed by atoms with E-state index in [0.29, 0.717) is 11.6 Å². The van der Waals surface area contributed by atoms with Crippen molar-refractivity contribution in [2.24, 2.45) is 0 Å². The van der Waals surface area contributed by atoms with Gasteiger partial charge in [-0.05, 0) is 52.9 Å². The summed E-state index contributed by atoms with van der Waals surface area (Å²) in [6, 6.07) is 0.624. The van der Waals surface area contributed by atoms with E-state index in [1.54, 1.807) is 11.1 Å². The molecule has 0 saturated heterocycles. The van der Waals surface area contributed by atoms with E-state index in [9.17, 15) is 0 Å². The number of hydrogen-bond donors (Lipinski definition) is 1. The number of nitrogens with one attached hydrogen (secondary N) is 1. The Hall–Kier alpha value is -0.300. The van der Waals surface area contributed by atoms with Crippen LogP contribution in [0, 0.1) is 0 Å². The lowest BCUT2D eigenvalue weighted by Gasteiger charge is -2.41. The van der Waals surface area contributed by atoms with Crippen LogP contribution in [0.15, 0.2) is 11.1 Å². The van der Waals surface area contributed by atoms with Gasteiger partial charge in [0.15, 0.2) is 0 Å². The zero-order valence-electron chi connectivity index (χ0n) is 9.11. The molecule has 0 aromatic rings. The lowest BCUT2D eigenvalue weighted by atomic mass is 9.77. The topological polar surface area (TPSA) is 12.0 Å². The Bertz CT molecular complexity index is 238. The van der Waals surface area contributed by atoms with E-state index in [-0.39, 0.29) is 0 Å². The molecule has 1 N–H and O–H groups in total. The summed E-state index contributed by atoms with van der Waals surface area (Å²) < 4.78 is 0. The smallest absolute Gasteiger partial charge is 0.0258 e. The molecule has 1 atom stereocenters. The first-order valence-electron chi connectivity index (χ1n) is 5.57. The second kappa shape index (κ2) is 3.13. The molecule has 0 radical (unpaired) electrons. The maximum Gasteiger partial charge on any atom is 0.0258 e. The largest absolute Gasteiger partial charge is 0.305 e. The fraction of sp³-hybridized carbons (Fsp3) is 0.833. The molecule has 0 fully saturated rings. The summed E-state index contributed by atoms with van der Waals surface area (Å²) in [5.41, 5.74) is 3.82. The molecule has 13 heavy (non-hydrogen) atoms. The van der Waals surface area contributed by atoms with Crippen molar-refractivity contribution in [2.45, 2.75) is 64.5 Å². The van der Waals surface area contributed by atoms with E-state index in [1.165, 1.54) is 32.1 Å². The van der Waals surface area contributed by atoms with E-state index < -0.39 is 0 Å². The summed E-state index contributed by atoms with van der Waals surface area (Å²) in [6.45, 7) is 6.96. The third-order valence-electron chi connectivity index (χ3n) is 3.41. The zero-order valence-corrected chi connectivity index (χ0v) is 9.11. The third kappa shape index (κ3) is 1.80. The normalized spacial score (nSPS) is 33.0. The number of rotatable bonds is 0. The Morgan fingerprint density at radius 3 is 2.69 bits per heavy atom. The summed E-state index contributed by atoms with van der Waals surface area (Å²) in [7, 11) is 0. The second-order valence-electron chi connectivity index (χ2n) is 5.26. The molecule has 1 heteroatoms. The van der Waals surface area contributed by atoms with Gasteiger partial charge in [-0.15, -0.1) is 0 Å². The van der Waals surface area contributed by atoms with Crippen molar-refractivity contribution in [3.63, 3.8) is 0 Å². The van der Waals surface area contributed by atoms with Gasteiger partial charge in [0.25, 0.3) is 0 Å². The number of hydrogen-bond acceptors (Lipinski definition) is 1. The Morgan fingerprint density at radius 2 is 1.92 bits per heavy atom. The van der Waals surface area contributed by atoms with Crippen LogP contribution in [-0.2, 0) is 0 Å². The lowest BCUT2D eigenvalue weighted by molar-refractivity contribution is 0.318. The third-order valence-corrected chi connectivity index (χ3v) is 3.41. The monoisotopic (exact) mass is 179 g/mol. The highest BCUT2D eigenvalue weighted by Crippen LogP contribution is 2.36. The van der Waals surface area contributed by atoms with Crippen LogP contribution >= 0.6 is 0 Å². The highest BCUT2D eigenvalue weighted by Gasteiger charge is 2.31. The van der Waals surface area contributed by atoms with Crippen LogP contribution in [-0.4, -0.2) is 11.6 Å². The van der Waals surface area contributed by atoms with Crippen molar-refractivity contribution in [2.75, 3.05) is 0 Å². The van der Waals surface area contributed by atoms with Crippen LogP contribution in [0.5, 0.6) is 0 Å². The average molecular weight is 179 g/mol. The van der Waals surface area contributed by atoms with Gasteiger partial charge < -0.3 is 5.32 Å². The average Bonchev–Trinajstić information content (AvgIpc) is 2.02. The van der Waals surface area contributed by atoms with Crippen LogP contribution in [0.3, 0.4) is 0 Å². The van der Waals surface area contributed by atoms with Gasteiger partial charge >= 0.3 is 0 Å². The maximum atomic E-state index is 3.70. The minimum Gasteiger partial charge on any atom is -0.305 e. The molecular weight excluding hydrogens is 158 g/mol. The second-order valence-corrected chi connectivity index (χ2v) is 5.26. The molecule has 0 aromatic carbocycles. The molecule has 1 nitrogen and oxygen atoms in total. The van der Waals surface area contributed by atoms with Gasteiger partial charge in [-0.3, -0.25) is 0 Å². The van der Waals surface area contributed by atoms with Crippen molar-refractivity contribution in [1.29, 1.82) is 0 Å². The van der Waals surface area contributed by atoms with E-state index in [1.807, 2.05) is 0 Å². The van der Waals surface area contributed by atoms with Gasteiger partial charge in [0.1, 0.15) is 0 Å². The molecule has 0 aromatic heterocycles. The van der Waals surface area contributed by atoms with Crippen LogP contribution in [0.25, 0.3) is 0 Å². The van der Waals surface area contributed by atoms with Crippen LogP contribution in [0.4, 0.5) is 0 Å². The minimum atomic E-state index is 0.329. The minimum absolute atomic E-state index is 0.329. The highest BCUT2D eigenvalue weighted by molar-refractivity contribution is 5.27. The van der Waals surface area contributed by atoms with E-state index in [2.05, 4.69) is 26.1 Å². The van der Waals surface area contributed by atoms with Crippen LogP contribution in [0.1, 0.15) is 52.9 Å². The summed E-state index contributed by atoms with van der Waals surface area (Å²) in [6.07, 6.45) is 6.81. The summed E-state index contributed by atoms with van der Waals surface area (Å²) in [4.78, 5) is 0. The summed E-state index contributed by atoms with van der Waals surface area (Å²) in [5.74, 6) is 0. The SMILES string of the molecule is CC1NC(C)(C)CC2=C1CCCC2. The predicted octanol–water partition coefficient (Wildman–Crippen LogP) is 3.02. The van der Waals surface area contributed by atoms with Crippen molar-refractivity contribution < 1.29 is 0 Å². The van der Waals surface area contributed by atoms with Crippen molar-refractivity contribution in [3.8, 4) is 0 Å². The molecule has 0 saturated carbocycles. The first-order chi connectivity index (χ1) is 6.08. The van der Waals surface area contributed by atoms with Gasteiger partial charge in [-0.2, -0.15) is 0 Å². The molecule has 0 bridgehead atoms. The standard InChI is InChI=1S/C12H21N/c1-9-11-7-5-4-6-10(11)8-12(2,3)13-9/h9,13H,4-8H2,1-3H3. The Morgan fingerprint density at radius 1 is 1.23 bits per heavy atom. The molecular formula is C12H21N. The van der Waals surface area contributed by atoms with Gasteiger partial charge in [0.2, 0.25) is 0 Å². The molecule has 1 heterocycles. The molecule has 0 spiro atoms. The summed E-state index contributed by atoms with van der Waals surface area (Å²) in [5, 5.41) is 3.70. The maximum absolute atomic E-state index is 3.70. The molecule has 2 rings (SSSR count). The lowest BCUT2D eigenvalue weighted by Crippen LogP contribution is -2.49.